The van der Waals surface area contributed by atoms with E-state index in [4.69, 9.17) is 0 Å². The van der Waals surface area contributed by atoms with Crippen molar-refractivity contribution in [1.82, 2.24) is 5.32 Å². The zero-order chi connectivity index (χ0) is 18.1. The lowest BCUT2D eigenvalue weighted by Crippen LogP contribution is -2.28. The monoisotopic (exact) mass is 335 g/mol. The largest absolute Gasteiger partial charge is 0.303 e. The lowest BCUT2D eigenvalue weighted by Gasteiger charge is -2.22. The smallest absolute Gasteiger partial charge is 0.0438 e. The van der Waals surface area contributed by atoms with Gasteiger partial charge < -0.3 is 5.32 Å². The number of nitrogens with one attached hydrogen (secondary N) is 1. The molecule has 2 aromatic rings. The van der Waals surface area contributed by atoms with Crippen molar-refractivity contribution in [2.75, 3.05) is 0 Å². The molecular weight excluding hydrogens is 302 g/mol. The zero-order valence-electron chi connectivity index (χ0n) is 16.5. The molecule has 1 N–H and O–H groups in total. The van der Waals surface area contributed by atoms with Gasteiger partial charge >= 0.3 is 0 Å². The van der Waals surface area contributed by atoms with Crippen LogP contribution < -0.4 is 5.32 Å². The van der Waals surface area contributed by atoms with Crippen molar-refractivity contribution in [2.45, 2.75) is 71.4 Å². The zero-order valence-corrected chi connectivity index (χ0v) is 16.5. The van der Waals surface area contributed by atoms with Crippen LogP contribution in [0.2, 0.25) is 0 Å². The third-order valence-corrected chi connectivity index (χ3v) is 5.35. The summed E-state index contributed by atoms with van der Waals surface area (Å²) in [6.07, 6.45) is 3.65. The topological polar surface area (TPSA) is 12.0 Å². The molecule has 0 radical (unpaired) electrons. The van der Waals surface area contributed by atoms with Crippen molar-refractivity contribution in [3.63, 3.8) is 0 Å². The van der Waals surface area contributed by atoms with Crippen molar-refractivity contribution < 1.29 is 0 Å². The maximum absolute atomic E-state index is 3.82. The Hall–Kier alpha value is -1.60. The van der Waals surface area contributed by atoms with Crippen molar-refractivity contribution in [2.24, 2.45) is 5.92 Å². The van der Waals surface area contributed by atoms with Gasteiger partial charge in [0.15, 0.2) is 0 Å². The summed E-state index contributed by atoms with van der Waals surface area (Å²) in [5, 5.41) is 3.82. The van der Waals surface area contributed by atoms with Gasteiger partial charge in [0.2, 0.25) is 0 Å². The van der Waals surface area contributed by atoms with Crippen LogP contribution in [-0.4, -0.2) is 0 Å². The fourth-order valence-electron chi connectivity index (χ4n) is 3.52. The van der Waals surface area contributed by atoms with E-state index in [1.165, 1.54) is 35.1 Å². The quantitative estimate of drug-likeness (QED) is 0.686. The van der Waals surface area contributed by atoms with Crippen LogP contribution >= 0.6 is 0 Å². The van der Waals surface area contributed by atoms with Gasteiger partial charge in [-0.1, -0.05) is 83.1 Å². The van der Waals surface area contributed by atoms with Crippen LogP contribution in [0.25, 0.3) is 0 Å². The molecule has 1 nitrogen and oxygen atoms in total. The van der Waals surface area contributed by atoms with E-state index in [1.54, 1.807) is 0 Å². The minimum absolute atomic E-state index is 0.201. The summed E-state index contributed by atoms with van der Waals surface area (Å²) in [7, 11) is 0. The Bertz CT molecular complexity index is 682. The van der Waals surface area contributed by atoms with Crippen LogP contribution in [-0.2, 0) is 23.9 Å². The Kier molecular flexibility index (Phi) is 5.06. The van der Waals surface area contributed by atoms with Gasteiger partial charge in [-0.05, 0) is 52.8 Å². The van der Waals surface area contributed by atoms with Crippen LogP contribution in [0.1, 0.15) is 69.7 Å². The van der Waals surface area contributed by atoms with Crippen molar-refractivity contribution in [3.05, 3.63) is 70.8 Å². The summed E-state index contributed by atoms with van der Waals surface area (Å²) < 4.78 is 0. The van der Waals surface area contributed by atoms with Crippen LogP contribution in [0, 0.1) is 5.92 Å². The van der Waals surface area contributed by atoms with E-state index in [9.17, 15) is 0 Å². The summed E-state index contributed by atoms with van der Waals surface area (Å²) in [6, 6.07) is 18.4. The molecular formula is C24H33N. The fraction of sp³-hybridized carbons (Fsp3) is 0.500. The molecule has 1 fully saturated rings. The maximum Gasteiger partial charge on any atom is 0.0438 e. The lowest BCUT2D eigenvalue weighted by atomic mass is 9.86. The van der Waals surface area contributed by atoms with Crippen LogP contribution in [0.3, 0.4) is 0 Å². The predicted molar refractivity (Wildman–Crippen MR) is 108 cm³/mol. The van der Waals surface area contributed by atoms with Gasteiger partial charge in [-0.15, -0.1) is 0 Å². The fourth-order valence-corrected chi connectivity index (χ4v) is 3.52. The first-order chi connectivity index (χ1) is 11.8. The van der Waals surface area contributed by atoms with Crippen molar-refractivity contribution in [3.8, 4) is 0 Å². The van der Waals surface area contributed by atoms with Gasteiger partial charge in [0.1, 0.15) is 0 Å². The van der Waals surface area contributed by atoms with Gasteiger partial charge in [0.25, 0.3) is 0 Å². The van der Waals surface area contributed by atoms with Crippen LogP contribution in [0.15, 0.2) is 48.5 Å². The molecule has 1 aliphatic rings. The molecule has 3 rings (SSSR count). The maximum atomic E-state index is 3.82. The molecule has 0 heterocycles. The molecule has 1 heteroatoms. The van der Waals surface area contributed by atoms with Crippen molar-refractivity contribution >= 4 is 0 Å². The summed E-state index contributed by atoms with van der Waals surface area (Å²) in [5.74, 6) is 0.717. The molecule has 0 bridgehead atoms. The molecule has 2 aromatic carbocycles. The van der Waals surface area contributed by atoms with E-state index >= 15 is 0 Å². The number of benzene rings is 2. The van der Waals surface area contributed by atoms with Crippen molar-refractivity contribution in [1.29, 1.82) is 0 Å². The Morgan fingerprint density at radius 1 is 0.880 bits per heavy atom. The minimum atomic E-state index is 0.201. The van der Waals surface area contributed by atoms with Gasteiger partial charge in [0, 0.05) is 12.1 Å². The first-order valence-electron chi connectivity index (χ1n) is 9.72. The van der Waals surface area contributed by atoms with E-state index in [-0.39, 0.29) is 11.0 Å². The molecule has 0 aromatic heterocycles. The van der Waals surface area contributed by atoms with Gasteiger partial charge in [-0.25, -0.2) is 0 Å². The molecule has 25 heavy (non-hydrogen) atoms. The Morgan fingerprint density at radius 3 is 1.92 bits per heavy atom. The number of hydrogen-bond donors (Lipinski definition) is 1. The second-order valence-corrected chi connectivity index (χ2v) is 9.18. The van der Waals surface area contributed by atoms with E-state index in [0.29, 0.717) is 0 Å². The molecule has 134 valence electrons. The molecule has 0 amide bonds. The molecule has 0 atom stereocenters. The third kappa shape index (κ3) is 4.52. The second-order valence-electron chi connectivity index (χ2n) is 9.18. The minimum Gasteiger partial charge on any atom is -0.303 e. The van der Waals surface area contributed by atoms with Gasteiger partial charge in [-0.3, -0.25) is 0 Å². The number of hydrogen-bond acceptors (Lipinski definition) is 1. The number of rotatable bonds is 6. The summed E-state index contributed by atoms with van der Waals surface area (Å²) >= 11 is 0. The molecule has 0 unspecified atom stereocenters. The summed E-state index contributed by atoms with van der Waals surface area (Å²) in [4.78, 5) is 0. The molecule has 0 aliphatic heterocycles. The SMILES string of the molecule is CC(C)Cc1ccc(CNC2(c3ccc(C(C)(C)C)cc3)CC2)cc1. The first kappa shape index (κ1) is 18.2. The average molecular weight is 336 g/mol. The highest BCUT2D eigenvalue weighted by atomic mass is 15.0. The van der Waals surface area contributed by atoms with Crippen LogP contribution in [0.4, 0.5) is 0 Å². The van der Waals surface area contributed by atoms with Crippen LogP contribution in [0.5, 0.6) is 0 Å². The van der Waals surface area contributed by atoms with E-state index in [2.05, 4.69) is 88.5 Å². The normalized spacial score (nSPS) is 16.2. The first-order valence-corrected chi connectivity index (χ1v) is 9.72. The third-order valence-electron chi connectivity index (χ3n) is 5.35. The summed E-state index contributed by atoms with van der Waals surface area (Å²) in [6.45, 7) is 12.3. The van der Waals surface area contributed by atoms with E-state index in [1.807, 2.05) is 0 Å². The summed E-state index contributed by atoms with van der Waals surface area (Å²) in [5.41, 5.74) is 6.10. The second kappa shape index (κ2) is 6.96. The Balaban J connectivity index is 1.62. The highest BCUT2D eigenvalue weighted by Gasteiger charge is 2.43. The average Bonchev–Trinajstić information content (AvgIpc) is 3.34. The molecule has 0 saturated heterocycles. The Labute approximate surface area is 153 Å². The predicted octanol–water partition coefficient (Wildman–Crippen LogP) is 5.96. The van der Waals surface area contributed by atoms with Gasteiger partial charge in [-0.2, -0.15) is 0 Å². The highest BCUT2D eigenvalue weighted by molar-refractivity contribution is 5.35. The lowest BCUT2D eigenvalue weighted by molar-refractivity contribution is 0.517. The van der Waals surface area contributed by atoms with E-state index < -0.39 is 0 Å². The van der Waals surface area contributed by atoms with Gasteiger partial charge in [0.05, 0.1) is 0 Å². The Morgan fingerprint density at radius 2 is 1.44 bits per heavy atom. The standard InChI is InChI=1S/C24H33N/c1-18(2)16-19-6-8-20(9-7-19)17-25-24(14-15-24)22-12-10-21(11-13-22)23(3,4)5/h6-13,18,25H,14-17H2,1-5H3. The molecule has 1 saturated carbocycles. The van der Waals surface area contributed by atoms with E-state index in [0.717, 1.165) is 18.9 Å². The molecule has 1 aliphatic carbocycles. The molecule has 0 spiro atoms. The highest BCUT2D eigenvalue weighted by Crippen LogP contribution is 2.46.